The van der Waals surface area contributed by atoms with Crippen molar-refractivity contribution >= 4 is 46.1 Å². The molecule has 9 nitrogen and oxygen atoms in total. The van der Waals surface area contributed by atoms with Crippen LogP contribution in [0.3, 0.4) is 0 Å². The van der Waals surface area contributed by atoms with Gasteiger partial charge < -0.3 is 30.1 Å². The third kappa shape index (κ3) is 9.65. The van der Waals surface area contributed by atoms with E-state index in [-0.39, 0.29) is 23.8 Å². The molecule has 0 spiro atoms. The van der Waals surface area contributed by atoms with Gasteiger partial charge in [0.2, 0.25) is 5.91 Å². The molecule has 3 amide bonds. The lowest BCUT2D eigenvalue weighted by Gasteiger charge is -2.39. The minimum absolute atomic E-state index is 0.0906. The first kappa shape index (κ1) is 38.7. The fourth-order valence-electron chi connectivity index (χ4n) is 7.29. The first-order valence-electron chi connectivity index (χ1n) is 17.4. The smallest absolute Gasteiger partial charge is 0.475 e. The van der Waals surface area contributed by atoms with Crippen molar-refractivity contribution in [3.63, 3.8) is 0 Å². The number of fused-ring (bicyclic) bond motifs is 2. The summed E-state index contributed by atoms with van der Waals surface area (Å²) in [5.74, 6) is -2.32. The maximum atomic E-state index is 14.8. The monoisotopic (exact) mass is 739 g/mol. The van der Waals surface area contributed by atoms with Crippen molar-refractivity contribution in [2.75, 3.05) is 45.2 Å². The molecule has 278 valence electrons. The summed E-state index contributed by atoms with van der Waals surface area (Å²) < 4.78 is 31.7. The topological polar surface area (TPSA) is 109 Å². The maximum Gasteiger partial charge on any atom is 0.490 e. The van der Waals surface area contributed by atoms with Crippen LogP contribution in [0.15, 0.2) is 79.0 Å². The van der Waals surface area contributed by atoms with Crippen molar-refractivity contribution in [2.24, 2.45) is 11.8 Å². The number of rotatable bonds is 8. The van der Waals surface area contributed by atoms with Crippen LogP contribution >= 0.6 is 11.6 Å². The number of carbonyl (C=O) groups is 3. The van der Waals surface area contributed by atoms with Crippen LogP contribution in [0.4, 0.5) is 23.7 Å². The Bertz CT molecular complexity index is 1840. The second kappa shape index (κ2) is 16.9. The Balaban J connectivity index is 0.000000679. The molecule has 3 atom stereocenters. The number of anilines is 1. The Morgan fingerprint density at radius 2 is 1.65 bits per heavy atom. The fourth-order valence-corrected chi connectivity index (χ4v) is 7.49. The molecule has 13 heteroatoms. The number of nitrogens with zero attached hydrogens (tertiary/aromatic N) is 3. The van der Waals surface area contributed by atoms with Crippen LogP contribution in [0.2, 0.25) is 5.02 Å². The van der Waals surface area contributed by atoms with Crippen LogP contribution in [0, 0.1) is 11.8 Å². The van der Waals surface area contributed by atoms with Crippen molar-refractivity contribution in [2.45, 2.75) is 50.7 Å². The highest BCUT2D eigenvalue weighted by Gasteiger charge is 2.39. The molecule has 3 heterocycles. The van der Waals surface area contributed by atoms with E-state index >= 15 is 0 Å². The number of urea groups is 1. The SMILES string of the molecule is CC(c1c[nH]c2ccccc12)C(NC(=O)N1CCC(Cc2ccccc2)CC1)C(=O)N1C[C@@H](CN(C)C)Cc2cc(Cl)ccc21.O=C(O)C(F)(F)F. The molecule has 0 radical (unpaired) electrons. The summed E-state index contributed by atoms with van der Waals surface area (Å²) in [6.45, 7) is 4.85. The number of likely N-dealkylation sites (tertiary alicyclic amines) is 1. The second-order valence-corrected chi connectivity index (χ2v) is 14.4. The largest absolute Gasteiger partial charge is 0.490 e. The van der Waals surface area contributed by atoms with Gasteiger partial charge in [-0.05, 0) is 92.6 Å². The number of H-pyrrole nitrogens is 1. The second-order valence-electron chi connectivity index (χ2n) is 14.0. The maximum absolute atomic E-state index is 14.8. The summed E-state index contributed by atoms with van der Waals surface area (Å²) in [5.41, 5.74) is 5.32. The molecular formula is C39H45ClF3N5O4. The molecule has 1 saturated heterocycles. The average Bonchev–Trinajstić information content (AvgIpc) is 3.54. The number of aliphatic carboxylic acids is 1. The number of piperidine rings is 1. The van der Waals surface area contributed by atoms with Crippen LogP contribution < -0.4 is 10.2 Å². The van der Waals surface area contributed by atoms with E-state index in [4.69, 9.17) is 21.5 Å². The number of halogens is 4. The van der Waals surface area contributed by atoms with E-state index < -0.39 is 18.2 Å². The first-order valence-corrected chi connectivity index (χ1v) is 17.8. The summed E-state index contributed by atoms with van der Waals surface area (Å²) in [5, 5.41) is 12.1. The number of alkyl halides is 3. The number of aromatic amines is 1. The molecule has 3 aromatic carbocycles. The zero-order chi connectivity index (χ0) is 37.6. The molecule has 2 aliphatic heterocycles. The van der Waals surface area contributed by atoms with Gasteiger partial charge in [-0.15, -0.1) is 0 Å². The highest BCUT2D eigenvalue weighted by Crippen LogP contribution is 2.35. The third-order valence-corrected chi connectivity index (χ3v) is 10.1. The summed E-state index contributed by atoms with van der Waals surface area (Å²) in [7, 11) is 4.12. The molecular weight excluding hydrogens is 695 g/mol. The zero-order valence-corrected chi connectivity index (χ0v) is 30.3. The third-order valence-electron chi connectivity index (χ3n) is 9.84. The zero-order valence-electron chi connectivity index (χ0n) is 29.5. The van der Waals surface area contributed by atoms with E-state index in [9.17, 15) is 22.8 Å². The number of carbonyl (C=O) groups excluding carboxylic acids is 2. The fraction of sp³-hybridized carbons (Fsp3) is 0.410. The number of carboxylic acid groups (broad SMARTS) is 1. The van der Waals surface area contributed by atoms with E-state index in [1.165, 1.54) is 5.56 Å². The van der Waals surface area contributed by atoms with Gasteiger partial charge in [0.25, 0.3) is 0 Å². The van der Waals surface area contributed by atoms with Crippen LogP contribution in [-0.2, 0) is 22.4 Å². The van der Waals surface area contributed by atoms with Crippen LogP contribution in [-0.4, -0.2) is 90.3 Å². The molecule has 6 rings (SSSR count). The number of nitrogens with one attached hydrogen (secondary N) is 2. The molecule has 0 aliphatic carbocycles. The average molecular weight is 740 g/mol. The number of hydrogen-bond acceptors (Lipinski definition) is 4. The molecule has 2 unspecified atom stereocenters. The van der Waals surface area contributed by atoms with Gasteiger partial charge in [-0.1, -0.05) is 67.1 Å². The lowest BCUT2D eigenvalue weighted by molar-refractivity contribution is -0.192. The Morgan fingerprint density at radius 3 is 2.31 bits per heavy atom. The minimum atomic E-state index is -5.08. The first-order chi connectivity index (χ1) is 24.7. The van der Waals surface area contributed by atoms with Crippen molar-refractivity contribution in [1.82, 2.24) is 20.1 Å². The van der Waals surface area contributed by atoms with E-state index in [2.05, 4.69) is 66.6 Å². The Morgan fingerprint density at radius 1 is 1.00 bits per heavy atom. The van der Waals surface area contributed by atoms with Gasteiger partial charge in [-0.25, -0.2) is 9.59 Å². The van der Waals surface area contributed by atoms with Gasteiger partial charge in [0.05, 0.1) is 0 Å². The normalized spacial score (nSPS) is 17.6. The summed E-state index contributed by atoms with van der Waals surface area (Å²) in [6.07, 6.45) is 0.679. The molecule has 4 aromatic rings. The van der Waals surface area contributed by atoms with Gasteiger partial charge in [-0.2, -0.15) is 13.2 Å². The summed E-state index contributed by atoms with van der Waals surface area (Å²) in [6, 6.07) is 23.6. The highest BCUT2D eigenvalue weighted by molar-refractivity contribution is 6.30. The Hall–Kier alpha value is -4.55. The number of carboxylic acids is 1. The number of hydrogen-bond donors (Lipinski definition) is 3. The Labute approximate surface area is 306 Å². The molecule has 0 bridgehead atoms. The van der Waals surface area contributed by atoms with Crippen molar-refractivity contribution in [3.8, 4) is 0 Å². The molecule has 1 aromatic heterocycles. The van der Waals surface area contributed by atoms with Gasteiger partial charge in [0.15, 0.2) is 0 Å². The minimum Gasteiger partial charge on any atom is -0.475 e. The van der Waals surface area contributed by atoms with Crippen molar-refractivity contribution < 1.29 is 32.7 Å². The Kier molecular flexibility index (Phi) is 12.5. The van der Waals surface area contributed by atoms with Crippen molar-refractivity contribution in [3.05, 3.63) is 101 Å². The molecule has 2 aliphatic rings. The highest BCUT2D eigenvalue weighted by atomic mass is 35.5. The molecule has 0 saturated carbocycles. The van der Waals surface area contributed by atoms with Gasteiger partial charge in [-0.3, -0.25) is 4.79 Å². The standard InChI is InChI=1S/C37H44ClN5O2.C2HF3O2/c1-25(32-22-39-33-12-8-7-11-31(32)33)35(40-37(45)42-17-15-27(16-18-42)19-26-9-5-4-6-10-26)36(44)43-24-28(23-41(2)3)20-29-21-30(38)13-14-34(29)43;3-2(4,5)1(6)7/h4-14,21-22,25,27-28,35,39H,15-20,23-24H2,1-3H3,(H,40,45);(H,6,7)/t25?,28-,35?;/m1./s1. The number of benzene rings is 3. The number of para-hydroxylation sites is 1. The predicted molar refractivity (Wildman–Crippen MR) is 197 cm³/mol. The summed E-state index contributed by atoms with van der Waals surface area (Å²) in [4.78, 5) is 46.9. The quantitative estimate of drug-likeness (QED) is 0.175. The lowest BCUT2D eigenvalue weighted by atomic mass is 9.88. The van der Waals surface area contributed by atoms with Crippen molar-refractivity contribution in [1.29, 1.82) is 0 Å². The molecule has 52 heavy (non-hydrogen) atoms. The number of amides is 3. The number of aromatic nitrogens is 1. The van der Waals surface area contributed by atoms with Crippen LogP contribution in [0.5, 0.6) is 0 Å². The molecule has 3 N–H and O–H groups in total. The van der Waals surface area contributed by atoms with Gasteiger partial charge in [0, 0.05) is 59.9 Å². The van der Waals surface area contributed by atoms with Crippen LogP contribution in [0.1, 0.15) is 42.4 Å². The van der Waals surface area contributed by atoms with E-state index in [0.717, 1.165) is 59.9 Å². The summed E-state index contributed by atoms with van der Waals surface area (Å²) >= 11 is 6.42. The van der Waals surface area contributed by atoms with E-state index in [1.54, 1.807) is 0 Å². The van der Waals surface area contributed by atoms with Gasteiger partial charge in [0.1, 0.15) is 6.04 Å². The molecule has 1 fully saturated rings. The lowest BCUT2D eigenvalue weighted by Crippen LogP contribution is -2.57. The van der Waals surface area contributed by atoms with Crippen LogP contribution in [0.25, 0.3) is 10.9 Å². The van der Waals surface area contributed by atoms with E-state index in [1.807, 2.05) is 58.5 Å². The van der Waals surface area contributed by atoms with Gasteiger partial charge >= 0.3 is 18.2 Å². The predicted octanol–water partition coefficient (Wildman–Crippen LogP) is 7.36. The van der Waals surface area contributed by atoms with E-state index in [0.29, 0.717) is 30.6 Å².